The fraction of sp³-hybridized carbons (Fsp3) is 0.333. The predicted octanol–water partition coefficient (Wildman–Crippen LogP) is 4.63. The Hall–Kier alpha value is -3.15. The van der Waals surface area contributed by atoms with Gasteiger partial charge in [-0.05, 0) is 50.5 Å². The van der Waals surface area contributed by atoms with Gasteiger partial charge in [-0.15, -0.1) is 4.98 Å². The van der Waals surface area contributed by atoms with E-state index in [1.165, 1.54) is 12.4 Å². The van der Waals surface area contributed by atoms with Crippen molar-refractivity contribution in [3.05, 3.63) is 52.6 Å². The summed E-state index contributed by atoms with van der Waals surface area (Å²) < 4.78 is 5.68. The summed E-state index contributed by atoms with van der Waals surface area (Å²) in [5.41, 5.74) is 2.75. The smallest absolute Gasteiger partial charge is 0.288 e. The molecule has 0 atom stereocenters. The zero-order valence-electron chi connectivity index (χ0n) is 16.8. The summed E-state index contributed by atoms with van der Waals surface area (Å²) in [6.07, 6.45) is 5.08. The monoisotopic (exact) mass is 423 g/mol. The minimum absolute atomic E-state index is 0.243. The molecule has 1 saturated heterocycles. The van der Waals surface area contributed by atoms with Crippen molar-refractivity contribution >= 4 is 29.1 Å². The van der Waals surface area contributed by atoms with Gasteiger partial charge in [-0.3, -0.25) is 5.10 Å². The van der Waals surface area contributed by atoms with Gasteiger partial charge >= 0.3 is 0 Å². The van der Waals surface area contributed by atoms with Crippen LogP contribution in [0, 0.1) is 6.57 Å². The van der Waals surface area contributed by atoms with E-state index in [0.29, 0.717) is 28.3 Å². The summed E-state index contributed by atoms with van der Waals surface area (Å²) in [7, 11) is 3.78. The Balaban J connectivity index is 1.58. The lowest BCUT2D eigenvalue weighted by Crippen LogP contribution is -2.29. The van der Waals surface area contributed by atoms with E-state index in [4.69, 9.17) is 22.9 Å². The van der Waals surface area contributed by atoms with Gasteiger partial charge in [-0.1, -0.05) is 24.2 Å². The molecule has 0 aliphatic carbocycles. The van der Waals surface area contributed by atoms with E-state index in [1.54, 1.807) is 7.11 Å². The molecule has 1 aliphatic heterocycles. The molecule has 8 nitrogen and oxygen atoms in total. The number of halogens is 1. The highest BCUT2D eigenvalue weighted by Crippen LogP contribution is 2.43. The Bertz CT molecular complexity index is 1070. The first kappa shape index (κ1) is 20.1. The van der Waals surface area contributed by atoms with Gasteiger partial charge in [0.15, 0.2) is 17.8 Å². The molecule has 2 N–H and O–H groups in total. The van der Waals surface area contributed by atoms with Crippen LogP contribution in [0.4, 0.5) is 17.5 Å². The molecule has 0 spiro atoms. The van der Waals surface area contributed by atoms with Gasteiger partial charge in [0, 0.05) is 11.6 Å². The first-order valence-corrected chi connectivity index (χ1v) is 10.0. The summed E-state index contributed by atoms with van der Waals surface area (Å²) in [5, 5.41) is 11.0. The van der Waals surface area contributed by atoms with Gasteiger partial charge in [0.2, 0.25) is 0 Å². The number of aromatic nitrogens is 4. The average molecular weight is 424 g/mol. The number of likely N-dealkylation sites (tertiary alicyclic amines) is 1. The van der Waals surface area contributed by atoms with Crippen molar-refractivity contribution < 1.29 is 4.74 Å². The van der Waals surface area contributed by atoms with Crippen molar-refractivity contribution in [1.82, 2.24) is 25.1 Å². The molecule has 2 aromatic heterocycles. The summed E-state index contributed by atoms with van der Waals surface area (Å²) in [4.78, 5) is 13.7. The maximum Gasteiger partial charge on any atom is 0.288 e. The van der Waals surface area contributed by atoms with Gasteiger partial charge < -0.3 is 19.8 Å². The zero-order chi connectivity index (χ0) is 21.1. The van der Waals surface area contributed by atoms with Crippen LogP contribution in [0.3, 0.4) is 0 Å². The van der Waals surface area contributed by atoms with Crippen LogP contribution in [-0.2, 0) is 0 Å². The summed E-state index contributed by atoms with van der Waals surface area (Å²) in [6.45, 7) is 9.08. The first-order valence-electron chi connectivity index (χ1n) is 9.66. The first-order chi connectivity index (χ1) is 14.6. The van der Waals surface area contributed by atoms with Crippen LogP contribution in [0.15, 0.2) is 30.6 Å². The summed E-state index contributed by atoms with van der Waals surface area (Å²) in [5.74, 6) is 2.40. The highest BCUT2D eigenvalue weighted by molar-refractivity contribution is 6.33. The summed E-state index contributed by atoms with van der Waals surface area (Å²) >= 11 is 6.77. The molecule has 0 radical (unpaired) electrons. The number of hydrogen-bond donors (Lipinski definition) is 2. The maximum atomic E-state index is 6.94. The van der Waals surface area contributed by atoms with Crippen LogP contribution in [0.1, 0.15) is 24.3 Å². The number of H-pyrrole nitrogens is 1. The van der Waals surface area contributed by atoms with Crippen LogP contribution < -0.4 is 10.1 Å². The third-order valence-corrected chi connectivity index (χ3v) is 5.76. The van der Waals surface area contributed by atoms with E-state index >= 15 is 0 Å². The molecule has 154 valence electrons. The highest BCUT2D eigenvalue weighted by atomic mass is 35.5. The number of methoxy groups -OCH3 is 1. The quantitative estimate of drug-likeness (QED) is 0.582. The van der Waals surface area contributed by atoms with Crippen LogP contribution >= 0.6 is 11.6 Å². The topological polar surface area (TPSA) is 83.3 Å². The Morgan fingerprint density at radius 1 is 1.23 bits per heavy atom. The zero-order valence-corrected chi connectivity index (χ0v) is 17.6. The number of aromatic amines is 1. The van der Waals surface area contributed by atoms with Gasteiger partial charge in [0.05, 0.1) is 24.0 Å². The minimum atomic E-state index is 0.243. The number of rotatable bonds is 5. The fourth-order valence-corrected chi connectivity index (χ4v) is 4.11. The van der Waals surface area contributed by atoms with Crippen molar-refractivity contribution in [2.45, 2.75) is 18.8 Å². The van der Waals surface area contributed by atoms with Crippen LogP contribution in [0.2, 0.25) is 5.02 Å². The van der Waals surface area contributed by atoms with E-state index in [9.17, 15) is 0 Å². The Morgan fingerprint density at radius 2 is 2.03 bits per heavy atom. The number of piperidine rings is 1. The maximum absolute atomic E-state index is 6.94. The molecular formula is C21H22ClN7O. The van der Waals surface area contributed by atoms with E-state index in [0.717, 1.165) is 42.8 Å². The summed E-state index contributed by atoms with van der Waals surface area (Å²) in [6, 6.07) is 5.98. The van der Waals surface area contributed by atoms with Gasteiger partial charge in [0.25, 0.3) is 5.82 Å². The Morgan fingerprint density at radius 3 is 2.70 bits per heavy atom. The van der Waals surface area contributed by atoms with Gasteiger partial charge in [-0.25, -0.2) is 4.98 Å². The molecule has 30 heavy (non-hydrogen) atoms. The third kappa shape index (κ3) is 4.08. The predicted molar refractivity (Wildman–Crippen MR) is 117 cm³/mol. The number of nitrogens with one attached hydrogen (secondary N) is 2. The van der Waals surface area contributed by atoms with Crippen LogP contribution in [0.25, 0.3) is 16.1 Å². The molecule has 1 aromatic carbocycles. The second-order valence-electron chi connectivity index (χ2n) is 7.29. The molecule has 4 rings (SSSR count). The molecule has 0 amide bonds. The van der Waals surface area contributed by atoms with Crippen molar-refractivity contribution in [2.75, 3.05) is 32.6 Å². The minimum Gasteiger partial charge on any atom is -0.494 e. The van der Waals surface area contributed by atoms with Crippen LogP contribution in [-0.4, -0.2) is 52.3 Å². The third-order valence-electron chi connectivity index (χ3n) is 5.37. The lowest BCUT2D eigenvalue weighted by atomic mass is 9.88. The normalized spacial score (nSPS) is 15.0. The van der Waals surface area contributed by atoms with Crippen molar-refractivity contribution in [2.24, 2.45) is 0 Å². The second-order valence-corrected chi connectivity index (χ2v) is 7.67. The van der Waals surface area contributed by atoms with E-state index in [2.05, 4.69) is 48.3 Å². The van der Waals surface area contributed by atoms with Crippen molar-refractivity contribution in [3.63, 3.8) is 0 Å². The van der Waals surface area contributed by atoms with Gasteiger partial charge in [0.1, 0.15) is 5.75 Å². The fourth-order valence-electron chi connectivity index (χ4n) is 3.72. The molecule has 9 heteroatoms. The highest BCUT2D eigenvalue weighted by Gasteiger charge is 2.24. The van der Waals surface area contributed by atoms with E-state index in [1.807, 2.05) is 12.1 Å². The number of ether oxygens (including phenoxy) is 1. The number of anilines is 2. The average Bonchev–Trinajstić information content (AvgIpc) is 3.23. The van der Waals surface area contributed by atoms with E-state index < -0.39 is 0 Å². The van der Waals surface area contributed by atoms with Gasteiger partial charge in [-0.2, -0.15) is 5.10 Å². The Labute approximate surface area is 180 Å². The van der Waals surface area contributed by atoms with Crippen molar-refractivity contribution in [1.29, 1.82) is 0 Å². The number of benzene rings is 1. The van der Waals surface area contributed by atoms with E-state index in [-0.39, 0.29) is 5.82 Å². The molecule has 1 fully saturated rings. The molecular weight excluding hydrogens is 402 g/mol. The SMILES string of the molecule is [C-]#[N+]c1cnc(Nc2cc(-c3ccc(C4CCN(C)CC4)c(Cl)c3OC)[nH]n2)cn1. The Kier molecular flexibility index (Phi) is 5.84. The molecule has 0 bridgehead atoms. The lowest BCUT2D eigenvalue weighted by molar-refractivity contribution is 0.255. The molecule has 0 saturated carbocycles. The van der Waals surface area contributed by atoms with Crippen LogP contribution in [0.5, 0.6) is 5.75 Å². The number of nitrogens with zero attached hydrogens (tertiary/aromatic N) is 5. The molecule has 3 heterocycles. The molecule has 3 aromatic rings. The number of hydrogen-bond acceptors (Lipinski definition) is 6. The second kappa shape index (κ2) is 8.69. The standard InChI is InChI=1S/C21H22ClN7O/c1-23-18-11-25-19(12-24-18)26-17-10-16(27-28-17)15-5-4-14(20(22)21(15)30-3)13-6-8-29(2)9-7-13/h4-5,10-13H,6-9H2,2-3H3,(H2,25,26,27,28). The largest absolute Gasteiger partial charge is 0.494 e. The molecule has 0 unspecified atom stereocenters. The molecule has 1 aliphatic rings. The van der Waals surface area contributed by atoms with Crippen molar-refractivity contribution in [3.8, 4) is 17.0 Å². The lowest BCUT2D eigenvalue weighted by Gasteiger charge is -2.30.